The first-order chi connectivity index (χ1) is 19.0. The molecule has 4 aliphatic rings. The van der Waals surface area contributed by atoms with E-state index < -0.39 is 0 Å². The van der Waals surface area contributed by atoms with Gasteiger partial charge in [-0.05, 0) is 54.7 Å². The third-order valence-corrected chi connectivity index (χ3v) is 7.36. The summed E-state index contributed by atoms with van der Waals surface area (Å²) in [6.45, 7) is 2.78. The Morgan fingerprint density at radius 3 is 2.67 bits per heavy atom. The Morgan fingerprint density at radius 1 is 1.05 bits per heavy atom. The van der Waals surface area contributed by atoms with E-state index in [2.05, 4.69) is 20.6 Å². The second-order valence-corrected chi connectivity index (χ2v) is 10.5. The molecule has 1 aliphatic carbocycles. The van der Waals surface area contributed by atoms with Crippen molar-refractivity contribution in [3.63, 3.8) is 0 Å². The smallest absolute Gasteiger partial charge is 0.258 e. The Bertz CT molecular complexity index is 1340. The second kappa shape index (κ2) is 11.0. The molecule has 2 atom stereocenters. The second-order valence-electron chi connectivity index (χ2n) is 10.5. The fourth-order valence-electron chi connectivity index (χ4n) is 4.91. The van der Waals surface area contributed by atoms with Crippen LogP contribution in [0.15, 0.2) is 54.7 Å². The maximum absolute atomic E-state index is 13.5. The molecule has 3 aromatic rings. The van der Waals surface area contributed by atoms with Crippen LogP contribution in [0.1, 0.15) is 34.5 Å². The van der Waals surface area contributed by atoms with Gasteiger partial charge in [0.15, 0.2) is 6.61 Å². The zero-order valence-corrected chi connectivity index (χ0v) is 22.0. The summed E-state index contributed by atoms with van der Waals surface area (Å²) in [6, 6.07) is 14.5. The fraction of sp³-hybridized carbons (Fsp3) is 0.414. The molecule has 1 saturated heterocycles. The largest absolute Gasteiger partial charge is 0.493 e. The Kier molecular flexibility index (Phi) is 7.10. The average molecular weight is 532 g/mol. The van der Waals surface area contributed by atoms with Crippen molar-refractivity contribution >= 4 is 11.8 Å². The Balaban J connectivity index is 1.27. The molecule has 0 unspecified atom stereocenters. The SMILES string of the molecule is Cn1nccc1CN1C[C@@H]2NC(=O)c3cc(cc(OCC4CC4)c3)OCC(=O)NCc3ccc(cc3)O[C@H]2C1. The molecule has 2 amide bonds. The van der Waals surface area contributed by atoms with Gasteiger partial charge in [-0.25, -0.2) is 0 Å². The van der Waals surface area contributed by atoms with Gasteiger partial charge >= 0.3 is 0 Å². The number of aryl methyl sites for hydroxylation is 1. The lowest BCUT2D eigenvalue weighted by Crippen LogP contribution is -2.45. The van der Waals surface area contributed by atoms with Crippen LogP contribution in [0.5, 0.6) is 17.2 Å². The molecular weight excluding hydrogens is 498 g/mol. The number of fused-ring (bicyclic) bond motifs is 7. The maximum Gasteiger partial charge on any atom is 0.258 e. The molecule has 39 heavy (non-hydrogen) atoms. The first-order valence-electron chi connectivity index (χ1n) is 13.4. The van der Waals surface area contributed by atoms with Crippen LogP contribution in [-0.4, -0.2) is 64.9 Å². The molecule has 10 nitrogen and oxygen atoms in total. The fourth-order valence-corrected chi connectivity index (χ4v) is 4.91. The van der Waals surface area contributed by atoms with Gasteiger partial charge in [-0.2, -0.15) is 5.10 Å². The van der Waals surface area contributed by atoms with E-state index in [0.717, 1.165) is 24.1 Å². The highest BCUT2D eigenvalue weighted by atomic mass is 16.5. The summed E-state index contributed by atoms with van der Waals surface area (Å²) in [7, 11) is 1.93. The number of carbonyl (C=O) groups excluding carboxylic acids is 2. The lowest BCUT2D eigenvalue weighted by Gasteiger charge is -2.22. The molecule has 4 heterocycles. The third-order valence-electron chi connectivity index (χ3n) is 7.36. The number of hydrogen-bond donors (Lipinski definition) is 2. The molecule has 204 valence electrons. The zero-order valence-electron chi connectivity index (χ0n) is 22.0. The van der Waals surface area contributed by atoms with E-state index in [0.29, 0.717) is 61.5 Å². The van der Waals surface area contributed by atoms with Crippen molar-refractivity contribution in [2.24, 2.45) is 13.0 Å². The van der Waals surface area contributed by atoms with Crippen LogP contribution in [0.2, 0.25) is 0 Å². The number of aromatic nitrogens is 2. The standard InChI is InChI=1S/C29H33N5O5/c1-33-22(8-9-31-33)14-34-15-26-27(16-34)39-23-6-4-19(5-7-23)13-30-28(35)18-38-25-11-21(29(36)32-26)10-24(12-25)37-17-20-2-3-20/h4-12,20,26-27H,2-3,13-18H2,1H3,(H,30,35)(H,32,36)/t26-,27-/m0/s1. The van der Waals surface area contributed by atoms with Gasteiger partial charge in [-0.3, -0.25) is 19.2 Å². The van der Waals surface area contributed by atoms with Gasteiger partial charge in [0.05, 0.1) is 18.3 Å². The van der Waals surface area contributed by atoms with Gasteiger partial charge in [-0.1, -0.05) is 12.1 Å². The lowest BCUT2D eigenvalue weighted by atomic mass is 10.1. The van der Waals surface area contributed by atoms with E-state index in [1.54, 1.807) is 24.4 Å². The highest BCUT2D eigenvalue weighted by molar-refractivity contribution is 5.95. The average Bonchev–Trinajstić information content (AvgIpc) is 3.58. The highest BCUT2D eigenvalue weighted by Gasteiger charge is 2.36. The van der Waals surface area contributed by atoms with Crippen molar-refractivity contribution in [3.05, 3.63) is 71.5 Å². The van der Waals surface area contributed by atoms with Crippen LogP contribution >= 0.6 is 0 Å². The number of carbonyl (C=O) groups is 2. The van der Waals surface area contributed by atoms with Crippen LogP contribution in [0.4, 0.5) is 0 Å². The van der Waals surface area contributed by atoms with Crippen molar-refractivity contribution in [1.29, 1.82) is 0 Å². The number of rotatable bonds is 5. The van der Waals surface area contributed by atoms with Gasteiger partial charge < -0.3 is 24.8 Å². The molecule has 0 spiro atoms. The van der Waals surface area contributed by atoms with Crippen LogP contribution < -0.4 is 24.8 Å². The predicted octanol–water partition coefficient (Wildman–Crippen LogP) is 2.28. The highest BCUT2D eigenvalue weighted by Crippen LogP contribution is 2.31. The summed E-state index contributed by atoms with van der Waals surface area (Å²) >= 11 is 0. The normalized spacial score (nSPS) is 21.8. The van der Waals surface area contributed by atoms with Gasteiger partial charge in [0.1, 0.15) is 23.4 Å². The summed E-state index contributed by atoms with van der Waals surface area (Å²) in [5.41, 5.74) is 2.45. The van der Waals surface area contributed by atoms with Crippen LogP contribution in [0.25, 0.3) is 0 Å². The lowest BCUT2D eigenvalue weighted by molar-refractivity contribution is -0.123. The van der Waals surface area contributed by atoms with Crippen molar-refractivity contribution in [1.82, 2.24) is 25.3 Å². The van der Waals surface area contributed by atoms with Crippen molar-refractivity contribution in [3.8, 4) is 17.2 Å². The number of benzene rings is 2. The van der Waals surface area contributed by atoms with Gasteiger partial charge in [-0.15, -0.1) is 0 Å². The summed E-state index contributed by atoms with van der Waals surface area (Å²) < 4.78 is 20.0. The molecular formula is C29H33N5O5. The molecule has 7 rings (SSSR count). The molecule has 0 radical (unpaired) electrons. The minimum atomic E-state index is -0.256. The number of ether oxygens (including phenoxy) is 3. The van der Waals surface area contributed by atoms with E-state index in [9.17, 15) is 9.59 Å². The topological polar surface area (TPSA) is 107 Å². The quantitative estimate of drug-likeness (QED) is 0.520. The summed E-state index contributed by atoms with van der Waals surface area (Å²) in [4.78, 5) is 28.2. The number of nitrogens with zero attached hydrogens (tertiary/aromatic N) is 3. The number of hydrogen-bond acceptors (Lipinski definition) is 7. The van der Waals surface area contributed by atoms with Crippen LogP contribution in [0, 0.1) is 5.92 Å². The van der Waals surface area contributed by atoms with Crippen LogP contribution in [-0.2, 0) is 24.9 Å². The summed E-state index contributed by atoms with van der Waals surface area (Å²) in [6.07, 6.45) is 3.84. The predicted molar refractivity (Wildman–Crippen MR) is 143 cm³/mol. The Hall–Kier alpha value is -4.05. The molecule has 3 aliphatic heterocycles. The number of nitrogens with one attached hydrogen (secondary N) is 2. The molecule has 2 N–H and O–H groups in total. The van der Waals surface area contributed by atoms with Gasteiger partial charge in [0, 0.05) is 51.1 Å². The first-order valence-corrected chi connectivity index (χ1v) is 13.4. The monoisotopic (exact) mass is 531 g/mol. The van der Waals surface area contributed by atoms with Crippen molar-refractivity contribution in [2.45, 2.75) is 38.1 Å². The van der Waals surface area contributed by atoms with Gasteiger partial charge in [0.2, 0.25) is 0 Å². The van der Waals surface area contributed by atoms with Crippen LogP contribution in [0.3, 0.4) is 0 Å². The molecule has 1 saturated carbocycles. The third kappa shape index (κ3) is 6.34. The molecule has 4 bridgehead atoms. The van der Waals surface area contributed by atoms with Crippen molar-refractivity contribution in [2.75, 3.05) is 26.3 Å². The van der Waals surface area contributed by atoms with Gasteiger partial charge in [0.25, 0.3) is 11.8 Å². The minimum absolute atomic E-state index is 0.165. The Labute approximate surface area is 227 Å². The van der Waals surface area contributed by atoms with E-state index in [-0.39, 0.29) is 30.6 Å². The molecule has 10 heteroatoms. The number of amides is 2. The van der Waals surface area contributed by atoms with Crippen molar-refractivity contribution < 1.29 is 23.8 Å². The van der Waals surface area contributed by atoms with E-state index >= 15 is 0 Å². The Morgan fingerprint density at radius 2 is 1.90 bits per heavy atom. The maximum atomic E-state index is 13.5. The molecule has 2 aromatic carbocycles. The van der Waals surface area contributed by atoms with E-state index in [1.807, 2.05) is 42.1 Å². The summed E-state index contributed by atoms with van der Waals surface area (Å²) in [5.74, 6) is 1.73. The first kappa shape index (κ1) is 25.2. The van der Waals surface area contributed by atoms with E-state index in [4.69, 9.17) is 14.2 Å². The number of likely N-dealkylation sites (tertiary alicyclic amines) is 1. The minimum Gasteiger partial charge on any atom is -0.493 e. The molecule has 2 fully saturated rings. The van der Waals surface area contributed by atoms with E-state index in [1.165, 1.54) is 0 Å². The zero-order chi connectivity index (χ0) is 26.8. The summed E-state index contributed by atoms with van der Waals surface area (Å²) in [5, 5.41) is 10.3. The molecule has 1 aromatic heterocycles.